The van der Waals surface area contributed by atoms with Crippen LogP contribution in [-0.4, -0.2) is 19.9 Å². The normalized spacial score (nSPS) is 18.3. The highest BCUT2D eigenvalue weighted by Crippen LogP contribution is 2.39. The Morgan fingerprint density at radius 2 is 2.22 bits per heavy atom. The molecule has 1 saturated carbocycles. The summed E-state index contributed by atoms with van der Waals surface area (Å²) in [6.45, 7) is 2.53. The lowest BCUT2D eigenvalue weighted by molar-refractivity contribution is 0.166. The molecule has 2 rings (SSSR count). The standard InChI is InChI=1S/C11H16BrN3O2S/c1-11(3-2-4-11)7-15-18(16,17)9-5-8(12)6-14-10(9)13/h5-6,15H,2-4,7H2,1H3,(H2,13,14). The van der Waals surface area contributed by atoms with Crippen molar-refractivity contribution in [2.45, 2.75) is 31.1 Å². The van der Waals surface area contributed by atoms with Gasteiger partial charge < -0.3 is 5.73 Å². The summed E-state index contributed by atoms with van der Waals surface area (Å²) in [6, 6.07) is 1.47. The summed E-state index contributed by atoms with van der Waals surface area (Å²) in [6.07, 6.45) is 4.75. The topological polar surface area (TPSA) is 85.1 Å². The minimum atomic E-state index is -3.59. The van der Waals surface area contributed by atoms with Crippen LogP contribution in [-0.2, 0) is 10.0 Å². The van der Waals surface area contributed by atoms with Gasteiger partial charge in [-0.25, -0.2) is 18.1 Å². The Kier molecular flexibility index (Phi) is 3.66. The van der Waals surface area contributed by atoms with Gasteiger partial charge in [-0.2, -0.15) is 0 Å². The number of hydrogen-bond acceptors (Lipinski definition) is 4. The number of aromatic nitrogens is 1. The molecule has 0 amide bonds. The lowest BCUT2D eigenvalue weighted by Gasteiger charge is -2.38. The second-order valence-corrected chi connectivity index (χ2v) is 7.68. The molecule has 100 valence electrons. The first-order valence-electron chi connectivity index (χ1n) is 5.73. The highest BCUT2D eigenvalue weighted by molar-refractivity contribution is 9.10. The van der Waals surface area contributed by atoms with Crippen molar-refractivity contribution in [1.82, 2.24) is 9.71 Å². The first kappa shape index (κ1) is 13.8. The lowest BCUT2D eigenvalue weighted by Crippen LogP contribution is -2.40. The Labute approximate surface area is 115 Å². The first-order valence-corrected chi connectivity index (χ1v) is 8.01. The molecule has 0 spiro atoms. The maximum absolute atomic E-state index is 12.1. The number of hydrogen-bond donors (Lipinski definition) is 2. The zero-order chi connectivity index (χ0) is 13.4. The number of nitrogens with zero attached hydrogens (tertiary/aromatic N) is 1. The van der Waals surface area contributed by atoms with Gasteiger partial charge in [0, 0.05) is 17.2 Å². The summed E-state index contributed by atoms with van der Waals surface area (Å²) in [4.78, 5) is 3.86. The molecule has 0 aliphatic heterocycles. The van der Waals surface area contributed by atoms with E-state index in [1.165, 1.54) is 18.7 Å². The largest absolute Gasteiger partial charge is 0.383 e. The number of nitrogens with one attached hydrogen (secondary N) is 1. The molecular weight excluding hydrogens is 318 g/mol. The molecule has 1 fully saturated rings. The number of nitrogen functional groups attached to an aromatic ring is 1. The van der Waals surface area contributed by atoms with Gasteiger partial charge in [0.15, 0.2) is 0 Å². The van der Waals surface area contributed by atoms with Crippen LogP contribution in [0.1, 0.15) is 26.2 Å². The minimum Gasteiger partial charge on any atom is -0.383 e. The molecule has 1 aliphatic rings. The zero-order valence-corrected chi connectivity index (χ0v) is 12.5. The zero-order valence-electron chi connectivity index (χ0n) is 10.1. The predicted molar refractivity (Wildman–Crippen MR) is 73.5 cm³/mol. The van der Waals surface area contributed by atoms with Gasteiger partial charge in [0.1, 0.15) is 10.7 Å². The van der Waals surface area contributed by atoms with E-state index in [0.29, 0.717) is 11.0 Å². The average molecular weight is 334 g/mol. The molecule has 0 saturated heterocycles. The number of anilines is 1. The summed E-state index contributed by atoms with van der Waals surface area (Å²) < 4.78 is 27.5. The van der Waals surface area contributed by atoms with Crippen LogP contribution in [0, 0.1) is 5.41 Å². The van der Waals surface area contributed by atoms with E-state index in [-0.39, 0.29) is 16.1 Å². The molecule has 0 atom stereocenters. The molecule has 0 bridgehead atoms. The molecule has 1 aromatic heterocycles. The second-order valence-electron chi connectivity index (χ2n) is 5.03. The van der Waals surface area contributed by atoms with E-state index in [9.17, 15) is 8.42 Å². The highest BCUT2D eigenvalue weighted by Gasteiger charge is 2.33. The van der Waals surface area contributed by atoms with Gasteiger partial charge in [-0.1, -0.05) is 13.3 Å². The third-order valence-corrected chi connectivity index (χ3v) is 5.25. The van der Waals surface area contributed by atoms with E-state index in [1.54, 1.807) is 0 Å². The summed E-state index contributed by atoms with van der Waals surface area (Å²) in [7, 11) is -3.59. The van der Waals surface area contributed by atoms with Crippen LogP contribution >= 0.6 is 15.9 Å². The van der Waals surface area contributed by atoms with E-state index in [4.69, 9.17) is 5.73 Å². The van der Waals surface area contributed by atoms with Gasteiger partial charge in [-0.05, 0) is 40.3 Å². The maximum atomic E-state index is 12.1. The third-order valence-electron chi connectivity index (χ3n) is 3.39. The Morgan fingerprint density at radius 3 is 2.78 bits per heavy atom. The summed E-state index contributed by atoms with van der Waals surface area (Å²) in [5.41, 5.74) is 5.69. The van der Waals surface area contributed by atoms with Gasteiger partial charge in [0.05, 0.1) is 0 Å². The maximum Gasteiger partial charge on any atom is 0.244 e. The smallest absolute Gasteiger partial charge is 0.244 e. The number of halogens is 1. The van der Waals surface area contributed by atoms with Crippen molar-refractivity contribution in [3.8, 4) is 0 Å². The molecule has 1 aliphatic carbocycles. The quantitative estimate of drug-likeness (QED) is 0.881. The SMILES string of the molecule is CC1(CNS(=O)(=O)c2cc(Br)cnc2N)CCC1. The van der Waals surface area contributed by atoms with Crippen LogP contribution < -0.4 is 10.5 Å². The van der Waals surface area contributed by atoms with E-state index in [0.717, 1.165) is 12.8 Å². The van der Waals surface area contributed by atoms with E-state index >= 15 is 0 Å². The molecule has 0 unspecified atom stereocenters. The summed E-state index contributed by atoms with van der Waals surface area (Å²) in [5, 5.41) is 0. The van der Waals surface area contributed by atoms with Crippen LogP contribution in [0.2, 0.25) is 0 Å². The molecule has 5 nitrogen and oxygen atoms in total. The number of pyridine rings is 1. The molecule has 0 aromatic carbocycles. The molecule has 1 heterocycles. The van der Waals surface area contributed by atoms with Crippen LogP contribution in [0.3, 0.4) is 0 Å². The van der Waals surface area contributed by atoms with Gasteiger partial charge in [0.2, 0.25) is 10.0 Å². The second kappa shape index (κ2) is 4.79. The van der Waals surface area contributed by atoms with E-state index < -0.39 is 10.0 Å². The van der Waals surface area contributed by atoms with Crippen molar-refractivity contribution in [1.29, 1.82) is 0 Å². The monoisotopic (exact) mass is 333 g/mol. The fourth-order valence-electron chi connectivity index (χ4n) is 1.95. The van der Waals surface area contributed by atoms with Gasteiger partial charge in [-0.15, -0.1) is 0 Å². The van der Waals surface area contributed by atoms with Crippen molar-refractivity contribution in [3.05, 3.63) is 16.7 Å². The Bertz CT molecular complexity index is 555. The average Bonchev–Trinajstić information content (AvgIpc) is 2.27. The summed E-state index contributed by atoms with van der Waals surface area (Å²) >= 11 is 3.19. The van der Waals surface area contributed by atoms with Crippen LogP contribution in [0.4, 0.5) is 5.82 Å². The van der Waals surface area contributed by atoms with E-state index in [1.807, 2.05) is 0 Å². The summed E-state index contributed by atoms with van der Waals surface area (Å²) in [5.74, 6) is 0.0180. The van der Waals surface area contributed by atoms with Crippen molar-refractivity contribution in [3.63, 3.8) is 0 Å². The van der Waals surface area contributed by atoms with Crippen molar-refractivity contribution in [2.75, 3.05) is 12.3 Å². The molecule has 7 heteroatoms. The van der Waals surface area contributed by atoms with Crippen molar-refractivity contribution >= 4 is 31.8 Å². The lowest BCUT2D eigenvalue weighted by atomic mass is 9.71. The Balaban J connectivity index is 2.17. The number of sulfonamides is 1. The molecule has 1 aromatic rings. The van der Waals surface area contributed by atoms with Gasteiger partial charge in [-0.3, -0.25) is 0 Å². The van der Waals surface area contributed by atoms with Crippen molar-refractivity contribution in [2.24, 2.45) is 5.41 Å². The van der Waals surface area contributed by atoms with Gasteiger partial charge >= 0.3 is 0 Å². The molecular formula is C11H16BrN3O2S. The predicted octanol–water partition coefficient (Wildman–Crippen LogP) is 1.89. The van der Waals surface area contributed by atoms with Crippen LogP contribution in [0.5, 0.6) is 0 Å². The van der Waals surface area contributed by atoms with E-state index in [2.05, 4.69) is 32.6 Å². The molecule has 3 N–H and O–H groups in total. The third kappa shape index (κ3) is 2.84. The highest BCUT2D eigenvalue weighted by atomic mass is 79.9. The minimum absolute atomic E-state index is 0.0180. The Hall–Kier alpha value is -0.660. The fourth-order valence-corrected chi connectivity index (χ4v) is 3.74. The first-order chi connectivity index (χ1) is 8.32. The van der Waals surface area contributed by atoms with Crippen LogP contribution in [0.15, 0.2) is 21.6 Å². The van der Waals surface area contributed by atoms with Crippen LogP contribution in [0.25, 0.3) is 0 Å². The number of nitrogens with two attached hydrogens (primary N) is 1. The van der Waals surface area contributed by atoms with Crippen molar-refractivity contribution < 1.29 is 8.42 Å². The molecule has 18 heavy (non-hydrogen) atoms. The molecule has 0 radical (unpaired) electrons. The fraction of sp³-hybridized carbons (Fsp3) is 0.545. The Morgan fingerprint density at radius 1 is 1.56 bits per heavy atom. The number of rotatable bonds is 4. The van der Waals surface area contributed by atoms with Gasteiger partial charge in [0.25, 0.3) is 0 Å².